The van der Waals surface area contributed by atoms with Crippen molar-refractivity contribution in [3.05, 3.63) is 20.3 Å². The first kappa shape index (κ1) is 11.8. The lowest BCUT2D eigenvalue weighted by Crippen LogP contribution is -2.16. The van der Waals surface area contributed by atoms with Crippen LogP contribution in [0.3, 0.4) is 0 Å². The van der Waals surface area contributed by atoms with E-state index in [4.69, 9.17) is 28.3 Å². The van der Waals surface area contributed by atoms with Crippen LogP contribution in [-0.4, -0.2) is 11.1 Å². The molecule has 0 bridgehead atoms. The van der Waals surface area contributed by atoms with Gasteiger partial charge < -0.3 is 5.11 Å². The normalized spacial score (nSPS) is 15.1. The number of rotatable bonds is 3. The first-order chi connectivity index (χ1) is 6.43. The van der Waals surface area contributed by atoms with Gasteiger partial charge in [-0.2, -0.15) is 0 Å². The Morgan fingerprint density at radius 3 is 2.43 bits per heavy atom. The standard InChI is InChI=1S/C9H10Cl2O2S/c1-4(5(2)9(12)13)6-3-7(10)14-8(6)11/h3-5H,1-2H3,(H,12,13). The molecule has 0 aromatic carbocycles. The zero-order valence-corrected chi connectivity index (χ0v) is 10.1. The van der Waals surface area contributed by atoms with Gasteiger partial charge in [0.25, 0.3) is 0 Å². The van der Waals surface area contributed by atoms with Gasteiger partial charge in [-0.05, 0) is 17.5 Å². The molecule has 0 amide bonds. The second-order valence-electron chi connectivity index (χ2n) is 3.20. The van der Waals surface area contributed by atoms with Gasteiger partial charge in [0.05, 0.1) is 14.6 Å². The number of carboxylic acid groups (broad SMARTS) is 1. The summed E-state index contributed by atoms with van der Waals surface area (Å²) in [5.74, 6) is -1.40. The number of aliphatic carboxylic acids is 1. The minimum absolute atomic E-state index is 0.122. The van der Waals surface area contributed by atoms with Gasteiger partial charge in [0.15, 0.2) is 0 Å². The lowest BCUT2D eigenvalue weighted by molar-refractivity contribution is -0.141. The maximum Gasteiger partial charge on any atom is 0.306 e. The molecule has 0 aliphatic rings. The van der Waals surface area contributed by atoms with Crippen LogP contribution in [0.1, 0.15) is 25.3 Å². The van der Waals surface area contributed by atoms with E-state index in [1.165, 1.54) is 11.3 Å². The van der Waals surface area contributed by atoms with Gasteiger partial charge in [0, 0.05) is 0 Å². The lowest BCUT2D eigenvalue weighted by atomic mass is 9.91. The Labute approximate surface area is 96.5 Å². The Kier molecular flexibility index (Phi) is 3.81. The molecule has 1 heterocycles. The fourth-order valence-electron chi connectivity index (χ4n) is 1.15. The smallest absolute Gasteiger partial charge is 0.306 e. The lowest BCUT2D eigenvalue weighted by Gasteiger charge is -2.14. The van der Waals surface area contributed by atoms with Crippen molar-refractivity contribution in [2.24, 2.45) is 5.92 Å². The van der Waals surface area contributed by atoms with Crippen LogP contribution in [0.4, 0.5) is 0 Å². The molecule has 5 heteroatoms. The van der Waals surface area contributed by atoms with Crippen LogP contribution in [0, 0.1) is 5.92 Å². The Morgan fingerprint density at radius 2 is 2.07 bits per heavy atom. The van der Waals surface area contributed by atoms with Gasteiger partial charge in [-0.25, -0.2) is 0 Å². The summed E-state index contributed by atoms with van der Waals surface area (Å²) in [5.41, 5.74) is 0.816. The molecule has 1 aromatic heterocycles. The van der Waals surface area contributed by atoms with Crippen molar-refractivity contribution < 1.29 is 9.90 Å². The molecule has 0 radical (unpaired) electrons. The summed E-state index contributed by atoms with van der Waals surface area (Å²) < 4.78 is 1.17. The van der Waals surface area contributed by atoms with E-state index in [9.17, 15) is 4.79 Å². The Balaban J connectivity index is 2.94. The Hall–Kier alpha value is -0.250. The third-order valence-electron chi connectivity index (χ3n) is 2.31. The Bertz CT molecular complexity index is 349. The average molecular weight is 253 g/mol. The molecule has 0 aliphatic heterocycles. The maximum absolute atomic E-state index is 10.8. The van der Waals surface area contributed by atoms with Gasteiger partial charge in [-0.1, -0.05) is 37.0 Å². The van der Waals surface area contributed by atoms with E-state index in [2.05, 4.69) is 0 Å². The van der Waals surface area contributed by atoms with Crippen molar-refractivity contribution >= 4 is 40.5 Å². The summed E-state index contributed by atoms with van der Waals surface area (Å²) in [6, 6.07) is 1.73. The summed E-state index contributed by atoms with van der Waals surface area (Å²) in [5, 5.41) is 8.84. The highest BCUT2D eigenvalue weighted by Crippen LogP contribution is 2.38. The zero-order chi connectivity index (χ0) is 10.9. The predicted octanol–water partition coefficient (Wildman–Crippen LogP) is 3.88. The first-order valence-corrected chi connectivity index (χ1v) is 5.68. The molecule has 1 aromatic rings. The molecule has 1 N–H and O–H groups in total. The van der Waals surface area contributed by atoms with Crippen molar-refractivity contribution in [1.29, 1.82) is 0 Å². The maximum atomic E-state index is 10.8. The Morgan fingerprint density at radius 1 is 1.50 bits per heavy atom. The molecule has 2 nitrogen and oxygen atoms in total. The summed E-state index contributed by atoms with van der Waals surface area (Å²) >= 11 is 13.0. The van der Waals surface area contributed by atoms with Crippen LogP contribution in [-0.2, 0) is 4.79 Å². The van der Waals surface area contributed by atoms with Crippen molar-refractivity contribution in [1.82, 2.24) is 0 Å². The number of carboxylic acids is 1. The molecular formula is C9H10Cl2O2S. The van der Waals surface area contributed by atoms with E-state index >= 15 is 0 Å². The van der Waals surface area contributed by atoms with Crippen molar-refractivity contribution in [2.45, 2.75) is 19.8 Å². The molecule has 0 aliphatic carbocycles. The van der Waals surface area contributed by atoms with Gasteiger partial charge in [0.2, 0.25) is 0 Å². The average Bonchev–Trinajstić information content (AvgIpc) is 2.42. The van der Waals surface area contributed by atoms with Crippen molar-refractivity contribution in [2.75, 3.05) is 0 Å². The topological polar surface area (TPSA) is 37.3 Å². The van der Waals surface area contributed by atoms with E-state index in [-0.39, 0.29) is 5.92 Å². The molecule has 0 saturated carbocycles. The van der Waals surface area contributed by atoms with E-state index < -0.39 is 11.9 Å². The highest BCUT2D eigenvalue weighted by molar-refractivity contribution is 7.20. The highest BCUT2D eigenvalue weighted by Gasteiger charge is 2.24. The van der Waals surface area contributed by atoms with E-state index in [0.29, 0.717) is 8.67 Å². The minimum Gasteiger partial charge on any atom is -0.481 e. The minimum atomic E-state index is -0.823. The summed E-state index contributed by atoms with van der Waals surface area (Å²) in [4.78, 5) is 10.8. The number of halogens is 2. The SMILES string of the molecule is CC(C(=O)O)C(C)c1cc(Cl)sc1Cl. The molecule has 0 spiro atoms. The van der Waals surface area contributed by atoms with Crippen molar-refractivity contribution in [3.8, 4) is 0 Å². The zero-order valence-electron chi connectivity index (χ0n) is 7.75. The molecule has 2 atom stereocenters. The van der Waals surface area contributed by atoms with Gasteiger partial charge in [-0.3, -0.25) is 4.79 Å². The molecule has 78 valence electrons. The third-order valence-corrected chi connectivity index (χ3v) is 3.83. The fourth-order valence-corrected chi connectivity index (χ4v) is 2.81. The molecule has 2 unspecified atom stereocenters. The number of thiophene rings is 1. The molecule has 1 rings (SSSR count). The quantitative estimate of drug-likeness (QED) is 0.887. The first-order valence-electron chi connectivity index (χ1n) is 4.11. The molecule has 0 saturated heterocycles. The predicted molar refractivity (Wildman–Crippen MR) is 59.6 cm³/mol. The van der Waals surface area contributed by atoms with E-state index in [0.717, 1.165) is 5.56 Å². The molecular weight excluding hydrogens is 243 g/mol. The number of hydrogen-bond acceptors (Lipinski definition) is 2. The van der Waals surface area contributed by atoms with E-state index in [1.807, 2.05) is 6.92 Å². The van der Waals surface area contributed by atoms with E-state index in [1.54, 1.807) is 13.0 Å². The van der Waals surface area contributed by atoms with Crippen LogP contribution < -0.4 is 0 Å². The van der Waals surface area contributed by atoms with Crippen LogP contribution in [0.25, 0.3) is 0 Å². The number of hydrogen-bond donors (Lipinski definition) is 1. The van der Waals surface area contributed by atoms with Gasteiger partial charge >= 0.3 is 5.97 Å². The van der Waals surface area contributed by atoms with Crippen LogP contribution in [0.2, 0.25) is 8.67 Å². The largest absolute Gasteiger partial charge is 0.481 e. The van der Waals surface area contributed by atoms with Gasteiger partial charge in [-0.15, -0.1) is 11.3 Å². The molecule has 0 fully saturated rings. The van der Waals surface area contributed by atoms with Crippen LogP contribution in [0.5, 0.6) is 0 Å². The van der Waals surface area contributed by atoms with Crippen LogP contribution >= 0.6 is 34.5 Å². The van der Waals surface area contributed by atoms with Crippen molar-refractivity contribution in [3.63, 3.8) is 0 Å². The van der Waals surface area contributed by atoms with Crippen LogP contribution in [0.15, 0.2) is 6.07 Å². The monoisotopic (exact) mass is 252 g/mol. The fraction of sp³-hybridized carbons (Fsp3) is 0.444. The second-order valence-corrected chi connectivity index (χ2v) is 5.48. The number of carbonyl (C=O) groups is 1. The highest BCUT2D eigenvalue weighted by atomic mass is 35.5. The third kappa shape index (κ3) is 2.41. The summed E-state index contributed by atoms with van der Waals surface area (Å²) in [7, 11) is 0. The van der Waals surface area contributed by atoms with Gasteiger partial charge in [0.1, 0.15) is 0 Å². The summed E-state index contributed by atoms with van der Waals surface area (Å²) in [6.45, 7) is 3.50. The second kappa shape index (κ2) is 4.51. The molecule has 14 heavy (non-hydrogen) atoms. The summed E-state index contributed by atoms with van der Waals surface area (Å²) in [6.07, 6.45) is 0.